The summed E-state index contributed by atoms with van der Waals surface area (Å²) in [6.45, 7) is 5.38. The molecule has 0 amide bonds. The van der Waals surface area contributed by atoms with Crippen LogP contribution in [0.25, 0.3) is 0 Å². The van der Waals surface area contributed by atoms with Gasteiger partial charge < -0.3 is 10.8 Å². The first kappa shape index (κ1) is 15.2. The van der Waals surface area contributed by atoms with Gasteiger partial charge in [0.25, 0.3) is 10.0 Å². The fourth-order valence-electron chi connectivity index (χ4n) is 1.89. The van der Waals surface area contributed by atoms with Crippen molar-refractivity contribution in [3.63, 3.8) is 0 Å². The molecule has 0 fully saturated rings. The molecule has 4 N–H and O–H groups in total. The quantitative estimate of drug-likeness (QED) is 0.760. The van der Waals surface area contributed by atoms with Gasteiger partial charge in [-0.3, -0.25) is 4.72 Å². The average Bonchev–Trinajstić information content (AvgIpc) is 2.39. The van der Waals surface area contributed by atoms with Gasteiger partial charge in [-0.15, -0.1) is 0 Å². The molecule has 0 radical (unpaired) electrons. The number of sulfonamides is 1. The molecule has 2 rings (SSSR count). The number of hydrogen-bond donors (Lipinski definition) is 3. The molecule has 112 valence electrons. The molecule has 6 heteroatoms. The Morgan fingerprint density at radius 3 is 2.29 bits per heavy atom. The molecule has 0 atom stereocenters. The van der Waals surface area contributed by atoms with E-state index in [0.717, 1.165) is 11.1 Å². The van der Waals surface area contributed by atoms with Crippen molar-refractivity contribution in [2.75, 3.05) is 10.5 Å². The van der Waals surface area contributed by atoms with Crippen molar-refractivity contribution in [2.24, 2.45) is 0 Å². The Morgan fingerprint density at radius 1 is 1.05 bits per heavy atom. The summed E-state index contributed by atoms with van der Waals surface area (Å²) >= 11 is 0. The van der Waals surface area contributed by atoms with Crippen molar-refractivity contribution >= 4 is 21.4 Å². The number of nitrogens with one attached hydrogen (secondary N) is 1. The van der Waals surface area contributed by atoms with Crippen LogP contribution in [0.3, 0.4) is 0 Å². The summed E-state index contributed by atoms with van der Waals surface area (Å²) in [6, 6.07) is 7.61. The second-order valence-electron chi connectivity index (χ2n) is 5.06. The Balaban J connectivity index is 2.40. The number of aryl methyl sites for hydroxylation is 2. The summed E-state index contributed by atoms with van der Waals surface area (Å²) in [7, 11) is -3.75. The normalized spacial score (nSPS) is 11.4. The third-order valence-electron chi connectivity index (χ3n) is 3.45. The zero-order chi connectivity index (χ0) is 15.8. The van der Waals surface area contributed by atoms with Crippen molar-refractivity contribution in [2.45, 2.75) is 25.7 Å². The van der Waals surface area contributed by atoms with Gasteiger partial charge in [-0.1, -0.05) is 6.07 Å². The van der Waals surface area contributed by atoms with Crippen LogP contribution in [0, 0.1) is 20.8 Å². The summed E-state index contributed by atoms with van der Waals surface area (Å²) in [6.07, 6.45) is 0. The lowest BCUT2D eigenvalue weighted by atomic mass is 10.1. The minimum absolute atomic E-state index is 0.0369. The fraction of sp³-hybridized carbons (Fsp3) is 0.200. The third kappa shape index (κ3) is 3.11. The van der Waals surface area contributed by atoms with Gasteiger partial charge in [0.1, 0.15) is 5.75 Å². The van der Waals surface area contributed by atoms with Crippen molar-refractivity contribution < 1.29 is 13.5 Å². The Labute approximate surface area is 124 Å². The summed E-state index contributed by atoms with van der Waals surface area (Å²) in [5, 5.41) is 9.64. The van der Waals surface area contributed by atoms with E-state index in [1.54, 1.807) is 25.1 Å². The number of hydrogen-bond acceptors (Lipinski definition) is 4. The molecule has 0 heterocycles. The molecule has 0 spiro atoms. The number of anilines is 2. The third-order valence-corrected chi connectivity index (χ3v) is 4.81. The van der Waals surface area contributed by atoms with Gasteiger partial charge in [0.15, 0.2) is 0 Å². The largest absolute Gasteiger partial charge is 0.508 e. The fourth-order valence-corrected chi connectivity index (χ4v) is 3.06. The lowest BCUT2D eigenvalue weighted by Gasteiger charge is -2.12. The van der Waals surface area contributed by atoms with Crippen molar-refractivity contribution in [1.29, 1.82) is 0 Å². The molecular weight excluding hydrogens is 288 g/mol. The van der Waals surface area contributed by atoms with Crippen LogP contribution in [0.2, 0.25) is 0 Å². The first-order valence-corrected chi connectivity index (χ1v) is 7.88. The van der Waals surface area contributed by atoms with E-state index in [-0.39, 0.29) is 10.6 Å². The average molecular weight is 306 g/mol. The van der Waals surface area contributed by atoms with Gasteiger partial charge in [0.05, 0.1) is 10.6 Å². The smallest absolute Gasteiger partial charge is 0.261 e. The van der Waals surface area contributed by atoms with Gasteiger partial charge in [-0.05, 0) is 55.7 Å². The highest BCUT2D eigenvalue weighted by molar-refractivity contribution is 7.92. The standard InChI is InChI=1S/C15H18N2O3S/c1-9-4-5-12(7-15(9)18)17-21(19,20)13-6-10(2)11(3)14(16)8-13/h4-8,17-18H,16H2,1-3H3. The van der Waals surface area contributed by atoms with Gasteiger partial charge in [0, 0.05) is 11.8 Å². The number of rotatable bonds is 3. The number of nitrogens with two attached hydrogens (primary N) is 1. The number of nitrogen functional groups attached to an aromatic ring is 1. The predicted octanol–water partition coefficient (Wildman–Crippen LogP) is 2.70. The summed E-state index contributed by atoms with van der Waals surface area (Å²) in [4.78, 5) is 0.100. The van der Waals surface area contributed by atoms with Crippen molar-refractivity contribution in [3.8, 4) is 5.75 Å². The highest BCUT2D eigenvalue weighted by Crippen LogP contribution is 2.26. The maximum absolute atomic E-state index is 12.4. The van der Waals surface area contributed by atoms with E-state index >= 15 is 0 Å². The number of aromatic hydroxyl groups is 1. The maximum atomic E-state index is 12.4. The number of benzene rings is 2. The molecule has 0 aromatic heterocycles. The molecule has 0 aliphatic rings. The second kappa shape index (κ2) is 5.29. The first-order chi connectivity index (χ1) is 9.70. The van der Waals surface area contributed by atoms with Crippen LogP contribution in [0.5, 0.6) is 5.75 Å². The molecule has 0 aliphatic carbocycles. The highest BCUT2D eigenvalue weighted by Gasteiger charge is 2.17. The van der Waals surface area contributed by atoms with Crippen LogP contribution in [-0.2, 0) is 10.0 Å². The van der Waals surface area contributed by atoms with E-state index in [1.165, 1.54) is 12.1 Å². The van der Waals surface area contributed by atoms with Crippen LogP contribution >= 0.6 is 0 Å². The van der Waals surface area contributed by atoms with Crippen molar-refractivity contribution in [3.05, 3.63) is 47.0 Å². The van der Waals surface area contributed by atoms with Crippen molar-refractivity contribution in [1.82, 2.24) is 0 Å². The van der Waals surface area contributed by atoms with Gasteiger partial charge in [-0.2, -0.15) is 0 Å². The van der Waals surface area contributed by atoms with Gasteiger partial charge >= 0.3 is 0 Å². The number of phenolic OH excluding ortho intramolecular Hbond substituents is 1. The monoisotopic (exact) mass is 306 g/mol. The molecule has 2 aromatic carbocycles. The highest BCUT2D eigenvalue weighted by atomic mass is 32.2. The minimum atomic E-state index is -3.75. The molecular formula is C15H18N2O3S. The van der Waals surface area contributed by atoms with Crippen LogP contribution < -0.4 is 10.5 Å². The van der Waals surface area contributed by atoms with E-state index < -0.39 is 10.0 Å². The zero-order valence-electron chi connectivity index (χ0n) is 12.1. The maximum Gasteiger partial charge on any atom is 0.261 e. The van der Waals surface area contributed by atoms with Crippen LogP contribution in [0.4, 0.5) is 11.4 Å². The Bertz CT molecular complexity index is 776. The SMILES string of the molecule is Cc1ccc(NS(=O)(=O)c2cc(C)c(C)c(N)c2)cc1O. The summed E-state index contributed by atoms with van der Waals surface area (Å²) in [5.41, 5.74) is 8.90. The molecule has 5 nitrogen and oxygen atoms in total. The Kier molecular flexibility index (Phi) is 3.82. The van der Waals surface area contributed by atoms with E-state index in [9.17, 15) is 13.5 Å². The molecule has 0 saturated heterocycles. The predicted molar refractivity (Wildman–Crippen MR) is 84.0 cm³/mol. The van der Waals surface area contributed by atoms with Gasteiger partial charge in [0.2, 0.25) is 0 Å². The van der Waals surface area contributed by atoms with Crippen LogP contribution in [0.1, 0.15) is 16.7 Å². The lowest BCUT2D eigenvalue weighted by Crippen LogP contribution is -2.14. The zero-order valence-corrected chi connectivity index (χ0v) is 13.0. The first-order valence-electron chi connectivity index (χ1n) is 6.40. The second-order valence-corrected chi connectivity index (χ2v) is 6.74. The molecule has 0 bridgehead atoms. The van der Waals surface area contributed by atoms with E-state index in [1.807, 2.05) is 13.8 Å². The molecule has 0 aliphatic heterocycles. The Morgan fingerprint density at radius 2 is 1.71 bits per heavy atom. The lowest BCUT2D eigenvalue weighted by molar-refractivity contribution is 0.471. The minimum Gasteiger partial charge on any atom is -0.508 e. The van der Waals surface area contributed by atoms with E-state index in [0.29, 0.717) is 16.9 Å². The molecule has 0 unspecified atom stereocenters. The topological polar surface area (TPSA) is 92.4 Å². The molecule has 2 aromatic rings. The van der Waals surface area contributed by atoms with E-state index in [2.05, 4.69) is 4.72 Å². The van der Waals surface area contributed by atoms with Crippen LogP contribution in [0.15, 0.2) is 35.2 Å². The summed E-state index contributed by atoms with van der Waals surface area (Å²) < 4.78 is 27.2. The van der Waals surface area contributed by atoms with Gasteiger partial charge in [-0.25, -0.2) is 8.42 Å². The number of phenols is 1. The molecule has 0 saturated carbocycles. The Hall–Kier alpha value is -2.21. The summed E-state index contributed by atoms with van der Waals surface area (Å²) in [5.74, 6) is 0.0369. The molecule has 21 heavy (non-hydrogen) atoms. The van der Waals surface area contributed by atoms with Crippen LogP contribution in [-0.4, -0.2) is 13.5 Å². The van der Waals surface area contributed by atoms with E-state index in [4.69, 9.17) is 5.73 Å².